The van der Waals surface area contributed by atoms with Gasteiger partial charge >= 0.3 is 0 Å². The molecule has 0 saturated heterocycles. The minimum Gasteiger partial charge on any atom is -0.349 e. The summed E-state index contributed by atoms with van der Waals surface area (Å²) in [5.41, 5.74) is 6.20. The van der Waals surface area contributed by atoms with E-state index in [1.807, 2.05) is 0 Å². The Bertz CT molecular complexity index is 456. The van der Waals surface area contributed by atoms with Crippen molar-refractivity contribution in [2.75, 3.05) is 6.54 Å². The molecule has 4 bridgehead atoms. The summed E-state index contributed by atoms with van der Waals surface area (Å²) >= 11 is 0. The lowest BCUT2D eigenvalue weighted by Gasteiger charge is -2.60. The van der Waals surface area contributed by atoms with E-state index in [4.69, 9.17) is 5.73 Å². The Labute approximate surface area is 128 Å². The summed E-state index contributed by atoms with van der Waals surface area (Å²) in [5, 5.41) is 3.42. The van der Waals surface area contributed by atoms with Gasteiger partial charge in [-0.25, -0.2) is 0 Å². The van der Waals surface area contributed by atoms with Gasteiger partial charge in [-0.1, -0.05) is 6.92 Å². The molecule has 3 N–H and O–H groups in total. The molecule has 3 unspecified atom stereocenters. The maximum Gasteiger partial charge on any atom is 0.226 e. The van der Waals surface area contributed by atoms with Gasteiger partial charge in [-0.05, 0) is 81.5 Å². The molecule has 118 valence electrons. The zero-order chi connectivity index (χ0) is 14.9. The van der Waals surface area contributed by atoms with Crippen LogP contribution in [-0.4, -0.2) is 18.0 Å². The molecule has 5 fully saturated rings. The molecule has 5 aliphatic rings. The van der Waals surface area contributed by atoms with Crippen molar-refractivity contribution in [1.82, 2.24) is 5.32 Å². The maximum atomic E-state index is 13.2. The smallest absolute Gasteiger partial charge is 0.226 e. The van der Waals surface area contributed by atoms with Gasteiger partial charge in [-0.3, -0.25) is 4.79 Å². The first kappa shape index (κ1) is 14.0. The Hall–Kier alpha value is -0.570. The zero-order valence-corrected chi connectivity index (χ0v) is 13.6. The van der Waals surface area contributed by atoms with E-state index in [2.05, 4.69) is 19.2 Å². The van der Waals surface area contributed by atoms with Gasteiger partial charge in [0.05, 0.1) is 11.0 Å². The summed E-state index contributed by atoms with van der Waals surface area (Å²) in [7, 11) is 0. The van der Waals surface area contributed by atoms with Crippen molar-refractivity contribution >= 4 is 5.91 Å². The maximum absolute atomic E-state index is 13.2. The van der Waals surface area contributed by atoms with Crippen LogP contribution >= 0.6 is 0 Å². The molecule has 0 spiro atoms. The van der Waals surface area contributed by atoms with Gasteiger partial charge in [0.2, 0.25) is 5.91 Å². The van der Waals surface area contributed by atoms with Crippen LogP contribution in [0.4, 0.5) is 0 Å². The molecule has 0 aliphatic heterocycles. The number of hydrogen-bond donors (Lipinski definition) is 2. The van der Waals surface area contributed by atoms with Crippen LogP contribution in [0.2, 0.25) is 0 Å². The largest absolute Gasteiger partial charge is 0.349 e. The summed E-state index contributed by atoms with van der Waals surface area (Å²) in [5.74, 6) is 2.54. The fraction of sp³-hybridized carbons (Fsp3) is 0.944. The fourth-order valence-corrected chi connectivity index (χ4v) is 6.42. The van der Waals surface area contributed by atoms with Crippen molar-refractivity contribution in [2.45, 2.75) is 70.8 Å². The highest BCUT2D eigenvalue weighted by Crippen LogP contribution is 2.65. The minimum absolute atomic E-state index is 0.0653. The lowest BCUT2D eigenvalue weighted by molar-refractivity contribution is -0.157. The molecule has 0 heterocycles. The third-order valence-corrected chi connectivity index (χ3v) is 7.14. The molecule has 5 aliphatic carbocycles. The number of hydrogen-bond acceptors (Lipinski definition) is 2. The van der Waals surface area contributed by atoms with Crippen LogP contribution in [0, 0.1) is 28.6 Å². The molecule has 3 nitrogen and oxygen atoms in total. The standard InChI is InChI=1S/C18H30N2O/c1-16-6-12-5-13(7-16)9-18(8-12,10-16)15(21)20-17(2,11-19)14-3-4-14/h12-14H,3-11,19H2,1-2H3,(H,20,21). The Balaban J connectivity index is 1.56. The molecule has 1 amide bonds. The van der Waals surface area contributed by atoms with Gasteiger partial charge in [0, 0.05) is 6.54 Å². The third kappa shape index (κ3) is 2.15. The van der Waals surface area contributed by atoms with E-state index in [-0.39, 0.29) is 11.0 Å². The predicted molar refractivity (Wildman–Crippen MR) is 83.5 cm³/mol. The summed E-state index contributed by atoms with van der Waals surface area (Å²) in [6, 6.07) is 0. The van der Waals surface area contributed by atoms with E-state index in [1.165, 1.54) is 32.1 Å². The summed E-state index contributed by atoms with van der Waals surface area (Å²) in [6.07, 6.45) is 9.93. The number of carbonyl (C=O) groups excluding carboxylic acids is 1. The third-order valence-electron chi connectivity index (χ3n) is 7.14. The number of rotatable bonds is 4. The number of nitrogens with two attached hydrogens (primary N) is 1. The highest BCUT2D eigenvalue weighted by atomic mass is 16.2. The van der Waals surface area contributed by atoms with Crippen LogP contribution in [0.3, 0.4) is 0 Å². The van der Waals surface area contributed by atoms with Gasteiger partial charge in [0.15, 0.2) is 0 Å². The van der Waals surface area contributed by atoms with Crippen molar-refractivity contribution in [3.63, 3.8) is 0 Å². The van der Waals surface area contributed by atoms with Crippen LogP contribution in [0.25, 0.3) is 0 Å². The Morgan fingerprint density at radius 2 is 1.86 bits per heavy atom. The van der Waals surface area contributed by atoms with Crippen molar-refractivity contribution in [1.29, 1.82) is 0 Å². The van der Waals surface area contributed by atoms with E-state index < -0.39 is 0 Å². The molecule has 21 heavy (non-hydrogen) atoms. The van der Waals surface area contributed by atoms with Crippen molar-refractivity contribution < 1.29 is 4.79 Å². The van der Waals surface area contributed by atoms with Crippen LogP contribution in [0.5, 0.6) is 0 Å². The zero-order valence-electron chi connectivity index (χ0n) is 13.6. The Kier molecular flexibility index (Phi) is 2.84. The Morgan fingerprint density at radius 3 is 2.33 bits per heavy atom. The lowest BCUT2D eigenvalue weighted by Crippen LogP contribution is -2.62. The van der Waals surface area contributed by atoms with Gasteiger partial charge in [0.25, 0.3) is 0 Å². The summed E-state index contributed by atoms with van der Waals surface area (Å²) < 4.78 is 0. The first-order valence-corrected chi connectivity index (χ1v) is 8.89. The average molecular weight is 290 g/mol. The topological polar surface area (TPSA) is 55.1 Å². The van der Waals surface area contributed by atoms with Gasteiger partial charge in [0.1, 0.15) is 0 Å². The van der Waals surface area contributed by atoms with Crippen molar-refractivity contribution in [3.8, 4) is 0 Å². The first-order chi connectivity index (χ1) is 9.86. The number of nitrogens with one attached hydrogen (secondary N) is 1. The van der Waals surface area contributed by atoms with Crippen molar-refractivity contribution in [2.24, 2.45) is 34.3 Å². The van der Waals surface area contributed by atoms with Crippen molar-refractivity contribution in [3.05, 3.63) is 0 Å². The normalized spacial score (nSPS) is 47.2. The van der Waals surface area contributed by atoms with E-state index in [0.717, 1.165) is 31.1 Å². The second-order valence-corrected chi connectivity index (χ2v) is 9.40. The summed E-state index contributed by atoms with van der Waals surface area (Å²) in [6.45, 7) is 5.16. The molecule has 0 aromatic heterocycles. The SMILES string of the molecule is CC12CC3CC(C1)CC(C(=O)NC(C)(CN)C1CC1)(C3)C2. The van der Waals surface area contributed by atoms with Crippen LogP contribution in [-0.2, 0) is 4.79 Å². The lowest BCUT2D eigenvalue weighted by atomic mass is 9.44. The van der Waals surface area contributed by atoms with Crippen LogP contribution in [0.1, 0.15) is 65.2 Å². The second kappa shape index (κ2) is 4.24. The van der Waals surface area contributed by atoms with E-state index in [0.29, 0.717) is 23.8 Å². The van der Waals surface area contributed by atoms with Gasteiger partial charge in [-0.2, -0.15) is 0 Å². The quantitative estimate of drug-likeness (QED) is 0.836. The molecule has 5 rings (SSSR count). The molecule has 5 saturated carbocycles. The molecule has 3 atom stereocenters. The average Bonchev–Trinajstić information content (AvgIpc) is 3.20. The molecular formula is C18H30N2O. The van der Waals surface area contributed by atoms with E-state index >= 15 is 0 Å². The molecular weight excluding hydrogens is 260 g/mol. The summed E-state index contributed by atoms with van der Waals surface area (Å²) in [4.78, 5) is 13.2. The second-order valence-electron chi connectivity index (χ2n) is 9.40. The van der Waals surface area contributed by atoms with Crippen LogP contribution in [0.15, 0.2) is 0 Å². The molecule has 0 radical (unpaired) electrons. The molecule has 3 heteroatoms. The number of amides is 1. The number of carbonyl (C=O) groups is 1. The monoisotopic (exact) mass is 290 g/mol. The Morgan fingerprint density at radius 1 is 1.24 bits per heavy atom. The van der Waals surface area contributed by atoms with Gasteiger partial charge < -0.3 is 11.1 Å². The highest BCUT2D eigenvalue weighted by Gasteiger charge is 2.59. The van der Waals surface area contributed by atoms with Gasteiger partial charge in [-0.15, -0.1) is 0 Å². The first-order valence-electron chi connectivity index (χ1n) is 8.89. The molecule has 0 aromatic rings. The van der Waals surface area contributed by atoms with Crippen LogP contribution < -0.4 is 11.1 Å². The predicted octanol–water partition coefficient (Wildman–Crippen LogP) is 2.84. The fourth-order valence-electron chi connectivity index (χ4n) is 6.42. The van der Waals surface area contributed by atoms with E-state index in [9.17, 15) is 4.79 Å². The molecule has 0 aromatic carbocycles. The highest BCUT2D eigenvalue weighted by molar-refractivity contribution is 5.84. The van der Waals surface area contributed by atoms with E-state index in [1.54, 1.807) is 0 Å². The minimum atomic E-state index is -0.165.